The van der Waals surface area contributed by atoms with E-state index >= 15 is 0 Å². The monoisotopic (exact) mass is 381 g/mol. The van der Waals surface area contributed by atoms with E-state index in [-0.39, 0.29) is 6.10 Å². The fraction of sp³-hybridized carbons (Fsp3) is 0.259. The Hall–Kier alpha value is -2.68. The molecule has 0 spiro atoms. The van der Waals surface area contributed by atoms with Gasteiger partial charge in [-0.05, 0) is 52.3 Å². The summed E-state index contributed by atoms with van der Waals surface area (Å²) < 4.78 is 6.20. The summed E-state index contributed by atoms with van der Waals surface area (Å²) in [6.07, 6.45) is 4.67. The largest absolute Gasteiger partial charge is 0.371 e. The Labute approximate surface area is 173 Å². The van der Waals surface area contributed by atoms with Gasteiger partial charge in [-0.2, -0.15) is 0 Å². The second-order valence-corrected chi connectivity index (χ2v) is 8.02. The van der Waals surface area contributed by atoms with Crippen molar-refractivity contribution < 1.29 is 4.74 Å². The molecule has 1 unspecified atom stereocenters. The van der Waals surface area contributed by atoms with Crippen LogP contribution in [0.1, 0.15) is 27.8 Å². The molecule has 3 aromatic rings. The van der Waals surface area contributed by atoms with Crippen LogP contribution in [0.2, 0.25) is 0 Å². The minimum absolute atomic E-state index is 0.113. The number of ether oxygens (including phenoxy) is 1. The van der Waals surface area contributed by atoms with Gasteiger partial charge in [-0.15, -0.1) is 0 Å². The molecule has 5 rings (SSSR count). The number of benzene rings is 3. The van der Waals surface area contributed by atoms with Crippen LogP contribution in [-0.4, -0.2) is 30.7 Å². The molecule has 1 fully saturated rings. The van der Waals surface area contributed by atoms with E-state index in [9.17, 15) is 0 Å². The maximum absolute atomic E-state index is 6.20. The molecule has 1 aliphatic heterocycles. The molecular weight excluding hydrogens is 354 g/mol. The van der Waals surface area contributed by atoms with Crippen LogP contribution >= 0.6 is 0 Å². The van der Waals surface area contributed by atoms with E-state index in [4.69, 9.17) is 4.74 Å². The lowest BCUT2D eigenvalue weighted by Crippen LogP contribution is -2.41. The second kappa shape index (κ2) is 8.36. The van der Waals surface area contributed by atoms with Crippen molar-refractivity contribution in [1.82, 2.24) is 4.90 Å². The van der Waals surface area contributed by atoms with Gasteiger partial charge in [-0.25, -0.2) is 0 Å². The smallest absolute Gasteiger partial charge is 0.0892 e. The SMILES string of the molecule is C(=C1c2ccccc2CCc2ccccc21)C1CN(Cc2ccccc2)CCO1. The Bertz CT molecular complexity index is 958. The molecule has 3 aromatic carbocycles. The topological polar surface area (TPSA) is 12.5 Å². The first-order valence-corrected chi connectivity index (χ1v) is 10.6. The summed E-state index contributed by atoms with van der Waals surface area (Å²) in [5.41, 5.74) is 8.30. The average molecular weight is 382 g/mol. The fourth-order valence-electron chi connectivity index (χ4n) is 4.60. The second-order valence-electron chi connectivity index (χ2n) is 8.02. The first-order valence-electron chi connectivity index (χ1n) is 10.6. The number of fused-ring (bicyclic) bond motifs is 2. The van der Waals surface area contributed by atoms with Crippen molar-refractivity contribution in [3.63, 3.8) is 0 Å². The summed E-state index contributed by atoms with van der Waals surface area (Å²) in [5.74, 6) is 0. The third-order valence-corrected chi connectivity index (χ3v) is 6.06. The van der Waals surface area contributed by atoms with Crippen LogP contribution in [0, 0.1) is 0 Å². The predicted molar refractivity (Wildman–Crippen MR) is 119 cm³/mol. The molecule has 0 radical (unpaired) electrons. The molecule has 0 amide bonds. The lowest BCUT2D eigenvalue weighted by atomic mass is 9.92. The molecule has 1 aliphatic carbocycles. The normalized spacial score (nSPS) is 19.2. The quantitative estimate of drug-likeness (QED) is 0.624. The Kier molecular flexibility index (Phi) is 5.29. The molecule has 146 valence electrons. The molecule has 0 bridgehead atoms. The van der Waals surface area contributed by atoms with Crippen molar-refractivity contribution in [2.75, 3.05) is 19.7 Å². The van der Waals surface area contributed by atoms with Crippen LogP contribution in [0.4, 0.5) is 0 Å². The van der Waals surface area contributed by atoms with Crippen LogP contribution in [0.5, 0.6) is 0 Å². The van der Waals surface area contributed by atoms with E-state index in [2.05, 4.69) is 89.8 Å². The summed E-state index contributed by atoms with van der Waals surface area (Å²) in [4.78, 5) is 2.51. The first kappa shape index (κ1) is 18.4. The summed E-state index contributed by atoms with van der Waals surface area (Å²) in [7, 11) is 0. The molecule has 2 aliphatic rings. The van der Waals surface area contributed by atoms with Gasteiger partial charge >= 0.3 is 0 Å². The van der Waals surface area contributed by atoms with Gasteiger partial charge in [-0.3, -0.25) is 4.90 Å². The summed E-state index contributed by atoms with van der Waals surface area (Å²) in [5, 5.41) is 0. The highest BCUT2D eigenvalue weighted by molar-refractivity contribution is 5.84. The summed E-state index contributed by atoms with van der Waals surface area (Å²) >= 11 is 0. The van der Waals surface area contributed by atoms with Crippen molar-refractivity contribution in [2.45, 2.75) is 25.5 Å². The predicted octanol–water partition coefficient (Wildman–Crippen LogP) is 5.12. The lowest BCUT2D eigenvalue weighted by molar-refractivity contribution is -0.00624. The van der Waals surface area contributed by atoms with E-state index in [1.807, 2.05) is 0 Å². The molecule has 2 nitrogen and oxygen atoms in total. The molecule has 0 N–H and O–H groups in total. The fourth-order valence-corrected chi connectivity index (χ4v) is 4.60. The van der Waals surface area contributed by atoms with Crippen molar-refractivity contribution in [1.29, 1.82) is 0 Å². The number of aryl methyl sites for hydroxylation is 2. The van der Waals surface area contributed by atoms with Crippen LogP contribution in [-0.2, 0) is 24.1 Å². The maximum Gasteiger partial charge on any atom is 0.0892 e. The number of morpholine rings is 1. The number of hydrogen-bond acceptors (Lipinski definition) is 2. The maximum atomic E-state index is 6.20. The highest BCUT2D eigenvalue weighted by atomic mass is 16.5. The van der Waals surface area contributed by atoms with Gasteiger partial charge in [0, 0.05) is 19.6 Å². The van der Waals surface area contributed by atoms with Gasteiger partial charge in [0.25, 0.3) is 0 Å². The zero-order chi connectivity index (χ0) is 19.5. The number of hydrogen-bond donors (Lipinski definition) is 0. The third-order valence-electron chi connectivity index (χ3n) is 6.06. The first-order chi connectivity index (χ1) is 14.4. The number of rotatable bonds is 3. The van der Waals surface area contributed by atoms with Gasteiger partial charge in [0.1, 0.15) is 0 Å². The van der Waals surface area contributed by atoms with Crippen LogP contribution in [0.3, 0.4) is 0 Å². The van der Waals surface area contributed by atoms with E-state index in [0.717, 1.165) is 39.1 Å². The molecule has 1 atom stereocenters. The molecule has 0 saturated carbocycles. The van der Waals surface area contributed by atoms with Crippen molar-refractivity contribution in [3.8, 4) is 0 Å². The highest BCUT2D eigenvalue weighted by Gasteiger charge is 2.23. The van der Waals surface area contributed by atoms with E-state index in [1.54, 1.807) is 0 Å². The summed E-state index contributed by atoms with van der Waals surface area (Å²) in [6.45, 7) is 3.69. The molecule has 0 aromatic heterocycles. The third kappa shape index (κ3) is 4.05. The Morgan fingerprint density at radius 1 is 0.793 bits per heavy atom. The molecule has 1 saturated heterocycles. The van der Waals surface area contributed by atoms with E-state index in [0.29, 0.717) is 0 Å². The van der Waals surface area contributed by atoms with E-state index in [1.165, 1.54) is 33.4 Å². The van der Waals surface area contributed by atoms with Crippen molar-refractivity contribution >= 4 is 5.57 Å². The van der Waals surface area contributed by atoms with Crippen LogP contribution in [0.15, 0.2) is 84.9 Å². The lowest BCUT2D eigenvalue weighted by Gasteiger charge is -2.32. The van der Waals surface area contributed by atoms with Gasteiger partial charge in [0.05, 0.1) is 12.7 Å². The standard InChI is InChI=1S/C27H27NO/c1-2-8-21(9-3-1)19-28-16-17-29-24(20-28)18-27-25-12-6-4-10-22(25)14-15-23-11-5-7-13-26(23)27/h1-13,18,24H,14-17,19-20H2. The minimum Gasteiger partial charge on any atom is -0.371 e. The minimum atomic E-state index is 0.113. The zero-order valence-corrected chi connectivity index (χ0v) is 16.8. The van der Waals surface area contributed by atoms with E-state index < -0.39 is 0 Å². The van der Waals surface area contributed by atoms with Gasteiger partial charge in [0.15, 0.2) is 0 Å². The molecule has 1 heterocycles. The van der Waals surface area contributed by atoms with Crippen LogP contribution < -0.4 is 0 Å². The van der Waals surface area contributed by atoms with Crippen molar-refractivity contribution in [2.24, 2.45) is 0 Å². The molecule has 2 heteroatoms. The highest BCUT2D eigenvalue weighted by Crippen LogP contribution is 2.34. The Morgan fingerprint density at radius 2 is 1.41 bits per heavy atom. The summed E-state index contributed by atoms with van der Waals surface area (Å²) in [6, 6.07) is 28.5. The van der Waals surface area contributed by atoms with Gasteiger partial charge in [-0.1, -0.05) is 78.9 Å². The van der Waals surface area contributed by atoms with Crippen LogP contribution in [0.25, 0.3) is 5.57 Å². The average Bonchev–Trinajstić information content (AvgIpc) is 2.92. The van der Waals surface area contributed by atoms with Gasteiger partial charge in [0.2, 0.25) is 0 Å². The van der Waals surface area contributed by atoms with Crippen molar-refractivity contribution in [3.05, 3.63) is 113 Å². The molecule has 29 heavy (non-hydrogen) atoms. The Balaban J connectivity index is 1.46. The number of nitrogens with zero attached hydrogens (tertiary/aromatic N) is 1. The zero-order valence-electron chi connectivity index (χ0n) is 16.8. The Morgan fingerprint density at radius 3 is 2.10 bits per heavy atom. The van der Waals surface area contributed by atoms with Gasteiger partial charge < -0.3 is 4.74 Å². The molecular formula is C27H27NO.